The second-order valence-corrected chi connectivity index (χ2v) is 6.15. The number of rotatable bonds is 5. The molecule has 0 unspecified atom stereocenters. The Morgan fingerprint density at radius 3 is 2.75 bits per heavy atom. The van der Waals surface area contributed by atoms with Gasteiger partial charge in [0, 0.05) is 12.1 Å². The van der Waals surface area contributed by atoms with E-state index in [0.29, 0.717) is 6.54 Å². The number of methoxy groups -OCH3 is 1. The average Bonchev–Trinajstić information content (AvgIpc) is 3.30. The molecule has 1 fully saturated rings. The van der Waals surface area contributed by atoms with E-state index in [0.717, 1.165) is 41.2 Å². The maximum atomic E-state index is 12.8. The molecule has 4 rings (SSSR count). The summed E-state index contributed by atoms with van der Waals surface area (Å²) >= 11 is 0. The van der Waals surface area contributed by atoms with Gasteiger partial charge in [-0.15, -0.1) is 0 Å². The molecule has 0 saturated heterocycles. The van der Waals surface area contributed by atoms with Gasteiger partial charge in [0.2, 0.25) is 12.7 Å². The molecule has 1 saturated carbocycles. The Hall–Kier alpha value is -2.69. The highest BCUT2D eigenvalue weighted by molar-refractivity contribution is 5.92. The molecule has 5 nitrogen and oxygen atoms in total. The molecule has 0 radical (unpaired) electrons. The normalized spacial score (nSPS) is 16.5. The summed E-state index contributed by atoms with van der Waals surface area (Å²) in [5.74, 6) is 2.29. The standard InChI is InChI=1S/C19H19NO4/c1-22-15-5-3-2-4-14(15)19(8-9-19)18(21)20-11-13-6-7-16-17(10-13)24-12-23-16/h2-7,10H,8-9,11-12H2,1H3,(H,20,21). The predicted molar refractivity (Wildman–Crippen MR) is 88.3 cm³/mol. The maximum absolute atomic E-state index is 12.8. The summed E-state index contributed by atoms with van der Waals surface area (Å²) in [5, 5.41) is 3.05. The van der Waals surface area contributed by atoms with E-state index in [-0.39, 0.29) is 12.7 Å². The van der Waals surface area contributed by atoms with Crippen molar-refractivity contribution in [3.63, 3.8) is 0 Å². The molecule has 0 atom stereocenters. The Morgan fingerprint density at radius 2 is 1.96 bits per heavy atom. The van der Waals surface area contributed by atoms with Crippen LogP contribution in [-0.4, -0.2) is 19.8 Å². The highest BCUT2D eigenvalue weighted by atomic mass is 16.7. The number of nitrogens with one attached hydrogen (secondary N) is 1. The number of carbonyl (C=O) groups excluding carboxylic acids is 1. The smallest absolute Gasteiger partial charge is 0.231 e. The molecule has 124 valence electrons. The van der Waals surface area contributed by atoms with Crippen LogP contribution in [0.25, 0.3) is 0 Å². The lowest BCUT2D eigenvalue weighted by molar-refractivity contribution is -0.123. The molecule has 0 aromatic heterocycles. The van der Waals surface area contributed by atoms with Crippen molar-refractivity contribution in [2.45, 2.75) is 24.8 Å². The van der Waals surface area contributed by atoms with E-state index in [2.05, 4.69) is 5.32 Å². The van der Waals surface area contributed by atoms with E-state index in [1.807, 2.05) is 42.5 Å². The van der Waals surface area contributed by atoms with Gasteiger partial charge in [-0.2, -0.15) is 0 Å². The third kappa shape index (κ3) is 2.46. The maximum Gasteiger partial charge on any atom is 0.231 e. The zero-order chi connectivity index (χ0) is 16.6. The van der Waals surface area contributed by atoms with Crippen LogP contribution >= 0.6 is 0 Å². The molecule has 2 aliphatic rings. The minimum atomic E-state index is -0.455. The first-order chi connectivity index (χ1) is 11.7. The largest absolute Gasteiger partial charge is 0.496 e. The van der Waals surface area contributed by atoms with Crippen LogP contribution in [0, 0.1) is 0 Å². The van der Waals surface area contributed by atoms with Crippen LogP contribution in [0.3, 0.4) is 0 Å². The van der Waals surface area contributed by atoms with Crippen molar-refractivity contribution in [2.24, 2.45) is 0 Å². The van der Waals surface area contributed by atoms with Crippen molar-refractivity contribution in [3.8, 4) is 17.2 Å². The molecule has 24 heavy (non-hydrogen) atoms. The Bertz CT molecular complexity index is 783. The Labute approximate surface area is 140 Å². The van der Waals surface area contributed by atoms with Crippen molar-refractivity contribution in [1.82, 2.24) is 5.32 Å². The molecule has 1 amide bonds. The molecule has 1 aliphatic heterocycles. The van der Waals surface area contributed by atoms with Gasteiger partial charge >= 0.3 is 0 Å². The van der Waals surface area contributed by atoms with Crippen LogP contribution in [0.2, 0.25) is 0 Å². The van der Waals surface area contributed by atoms with Gasteiger partial charge in [0.15, 0.2) is 11.5 Å². The van der Waals surface area contributed by atoms with Crippen LogP contribution in [0.15, 0.2) is 42.5 Å². The summed E-state index contributed by atoms with van der Waals surface area (Å²) < 4.78 is 16.1. The summed E-state index contributed by atoms with van der Waals surface area (Å²) in [7, 11) is 1.64. The third-order valence-electron chi connectivity index (χ3n) is 4.70. The second kappa shape index (κ2) is 5.74. The molecular formula is C19H19NO4. The second-order valence-electron chi connectivity index (χ2n) is 6.15. The van der Waals surface area contributed by atoms with E-state index in [1.165, 1.54) is 0 Å². The highest BCUT2D eigenvalue weighted by Crippen LogP contribution is 2.51. The molecular weight excluding hydrogens is 306 g/mol. The van der Waals surface area contributed by atoms with Gasteiger partial charge in [0.1, 0.15) is 5.75 Å². The van der Waals surface area contributed by atoms with Gasteiger partial charge < -0.3 is 19.5 Å². The van der Waals surface area contributed by atoms with Crippen LogP contribution in [0.4, 0.5) is 0 Å². The molecule has 1 heterocycles. The quantitative estimate of drug-likeness (QED) is 0.918. The van der Waals surface area contributed by atoms with Crippen LogP contribution < -0.4 is 19.5 Å². The van der Waals surface area contributed by atoms with Gasteiger partial charge in [-0.05, 0) is 36.6 Å². The molecule has 5 heteroatoms. The number of ether oxygens (including phenoxy) is 3. The number of hydrogen-bond donors (Lipinski definition) is 1. The fourth-order valence-electron chi connectivity index (χ4n) is 3.19. The number of fused-ring (bicyclic) bond motifs is 1. The van der Waals surface area contributed by atoms with Crippen LogP contribution in [0.1, 0.15) is 24.0 Å². The van der Waals surface area contributed by atoms with Crippen molar-refractivity contribution >= 4 is 5.91 Å². The van der Waals surface area contributed by atoms with Crippen molar-refractivity contribution in [2.75, 3.05) is 13.9 Å². The molecule has 0 spiro atoms. The summed E-state index contributed by atoms with van der Waals surface area (Å²) in [6.07, 6.45) is 1.70. The first-order valence-electron chi connectivity index (χ1n) is 8.03. The minimum absolute atomic E-state index is 0.0460. The monoisotopic (exact) mass is 325 g/mol. The summed E-state index contributed by atoms with van der Waals surface area (Å²) in [6.45, 7) is 0.717. The van der Waals surface area contributed by atoms with Crippen molar-refractivity contribution < 1.29 is 19.0 Å². The predicted octanol–water partition coefficient (Wildman–Crippen LogP) is 2.77. The van der Waals surface area contributed by atoms with Gasteiger partial charge in [-0.3, -0.25) is 4.79 Å². The number of carbonyl (C=O) groups is 1. The summed E-state index contributed by atoms with van der Waals surface area (Å²) in [5.41, 5.74) is 1.50. The Morgan fingerprint density at radius 1 is 1.17 bits per heavy atom. The number of hydrogen-bond acceptors (Lipinski definition) is 4. The average molecular weight is 325 g/mol. The number of amides is 1. The number of benzene rings is 2. The zero-order valence-electron chi connectivity index (χ0n) is 13.5. The van der Waals surface area contributed by atoms with Crippen LogP contribution in [0.5, 0.6) is 17.2 Å². The lowest BCUT2D eigenvalue weighted by Gasteiger charge is -2.18. The van der Waals surface area contributed by atoms with Crippen LogP contribution in [-0.2, 0) is 16.8 Å². The fraction of sp³-hybridized carbons (Fsp3) is 0.316. The third-order valence-corrected chi connectivity index (χ3v) is 4.70. The van der Waals surface area contributed by atoms with Crippen molar-refractivity contribution in [1.29, 1.82) is 0 Å². The number of para-hydroxylation sites is 1. The highest BCUT2D eigenvalue weighted by Gasteiger charge is 2.52. The lowest BCUT2D eigenvalue weighted by Crippen LogP contribution is -2.34. The van der Waals surface area contributed by atoms with Gasteiger partial charge in [-0.25, -0.2) is 0 Å². The molecule has 2 aromatic rings. The molecule has 1 N–H and O–H groups in total. The van der Waals surface area contributed by atoms with E-state index in [1.54, 1.807) is 7.11 Å². The van der Waals surface area contributed by atoms with E-state index in [4.69, 9.17) is 14.2 Å². The fourth-order valence-corrected chi connectivity index (χ4v) is 3.19. The van der Waals surface area contributed by atoms with E-state index < -0.39 is 5.41 Å². The minimum Gasteiger partial charge on any atom is -0.496 e. The van der Waals surface area contributed by atoms with Gasteiger partial charge in [0.05, 0.1) is 12.5 Å². The van der Waals surface area contributed by atoms with Crippen molar-refractivity contribution in [3.05, 3.63) is 53.6 Å². The van der Waals surface area contributed by atoms with E-state index in [9.17, 15) is 4.79 Å². The lowest BCUT2D eigenvalue weighted by atomic mass is 9.94. The summed E-state index contributed by atoms with van der Waals surface area (Å²) in [4.78, 5) is 12.8. The first-order valence-corrected chi connectivity index (χ1v) is 8.03. The Balaban J connectivity index is 1.48. The zero-order valence-corrected chi connectivity index (χ0v) is 13.5. The van der Waals surface area contributed by atoms with E-state index >= 15 is 0 Å². The SMILES string of the molecule is COc1ccccc1C1(C(=O)NCc2ccc3c(c2)OCO3)CC1. The van der Waals surface area contributed by atoms with Gasteiger partial charge in [-0.1, -0.05) is 24.3 Å². The Kier molecular flexibility index (Phi) is 3.56. The molecule has 0 bridgehead atoms. The first kappa shape index (κ1) is 14.9. The summed E-state index contributed by atoms with van der Waals surface area (Å²) in [6, 6.07) is 13.5. The van der Waals surface area contributed by atoms with Gasteiger partial charge in [0.25, 0.3) is 0 Å². The molecule has 2 aromatic carbocycles. The topological polar surface area (TPSA) is 56.8 Å². The molecule has 1 aliphatic carbocycles.